The van der Waals surface area contributed by atoms with Crippen molar-refractivity contribution in [2.75, 3.05) is 0 Å². The van der Waals surface area contributed by atoms with E-state index >= 15 is 0 Å². The molecule has 0 saturated carbocycles. The minimum Gasteiger partial charge on any atom is -0.386 e. The van der Waals surface area contributed by atoms with E-state index in [0.29, 0.717) is 5.56 Å². The molecule has 14 heavy (non-hydrogen) atoms. The lowest BCUT2D eigenvalue weighted by atomic mass is 9.93. The van der Waals surface area contributed by atoms with E-state index in [-0.39, 0.29) is 0 Å². The molecule has 0 aliphatic carbocycles. The topological polar surface area (TPSA) is 33.1 Å². The van der Waals surface area contributed by atoms with Gasteiger partial charge in [0, 0.05) is 25.2 Å². The molecular formula is C10H13F2NO. The van der Waals surface area contributed by atoms with E-state index in [2.05, 4.69) is 4.98 Å². The summed E-state index contributed by atoms with van der Waals surface area (Å²) >= 11 is 0. The number of hydrogen-bond donors (Lipinski definition) is 1. The summed E-state index contributed by atoms with van der Waals surface area (Å²) in [5.41, 5.74) is 0.661. The maximum absolute atomic E-state index is 12.8. The molecule has 0 aromatic carbocycles. The van der Waals surface area contributed by atoms with E-state index in [1.165, 1.54) is 12.4 Å². The normalized spacial score (nSPS) is 16.4. The number of aromatic nitrogens is 1. The summed E-state index contributed by atoms with van der Waals surface area (Å²) in [5.74, 6) is -3.68. The molecule has 4 heteroatoms. The highest BCUT2D eigenvalue weighted by molar-refractivity contribution is 5.17. The van der Waals surface area contributed by atoms with Crippen LogP contribution >= 0.6 is 0 Å². The number of rotatable bonds is 3. The van der Waals surface area contributed by atoms with Gasteiger partial charge in [-0.2, -0.15) is 0 Å². The number of aliphatic hydroxyl groups excluding tert-OH is 1. The van der Waals surface area contributed by atoms with Crippen LogP contribution in [0.5, 0.6) is 0 Å². The summed E-state index contributed by atoms with van der Waals surface area (Å²) in [6.45, 7) is 2.28. The molecule has 0 aliphatic rings. The standard InChI is InChI=1S/C10H13F2NO/c1-7(9(14)10(2,11)12)8-3-5-13-6-4-8/h3-7,9,14H,1-2H3. The number of nitrogens with zero attached hydrogens (tertiary/aromatic N) is 1. The van der Waals surface area contributed by atoms with Gasteiger partial charge in [-0.3, -0.25) is 4.98 Å². The van der Waals surface area contributed by atoms with Crippen molar-refractivity contribution in [1.29, 1.82) is 0 Å². The minimum absolute atomic E-state index is 0.599. The maximum Gasteiger partial charge on any atom is 0.271 e. The third-order valence-corrected chi connectivity index (χ3v) is 2.22. The number of halogens is 2. The number of alkyl halides is 2. The molecule has 1 aromatic rings. The summed E-state index contributed by atoms with van der Waals surface area (Å²) < 4.78 is 25.6. The molecule has 2 unspecified atom stereocenters. The van der Waals surface area contributed by atoms with Gasteiger partial charge in [0.05, 0.1) is 0 Å². The zero-order chi connectivity index (χ0) is 10.8. The molecule has 0 aliphatic heterocycles. The fourth-order valence-corrected chi connectivity index (χ4v) is 1.29. The predicted octanol–water partition coefficient (Wildman–Crippen LogP) is 2.20. The lowest BCUT2D eigenvalue weighted by molar-refractivity contribution is -0.102. The van der Waals surface area contributed by atoms with Crippen molar-refractivity contribution in [3.8, 4) is 0 Å². The Morgan fingerprint density at radius 3 is 2.29 bits per heavy atom. The molecular weight excluding hydrogens is 188 g/mol. The van der Waals surface area contributed by atoms with Crippen LogP contribution in [0.3, 0.4) is 0 Å². The molecule has 2 nitrogen and oxygen atoms in total. The monoisotopic (exact) mass is 201 g/mol. The molecule has 78 valence electrons. The van der Waals surface area contributed by atoms with Crippen molar-refractivity contribution in [1.82, 2.24) is 4.98 Å². The average molecular weight is 201 g/mol. The molecule has 0 bridgehead atoms. The van der Waals surface area contributed by atoms with Crippen LogP contribution in [0.2, 0.25) is 0 Å². The van der Waals surface area contributed by atoms with Crippen LogP contribution in [0.15, 0.2) is 24.5 Å². The Hall–Kier alpha value is -1.03. The van der Waals surface area contributed by atoms with E-state index in [9.17, 15) is 13.9 Å². The highest BCUT2D eigenvalue weighted by Gasteiger charge is 2.36. The Morgan fingerprint density at radius 2 is 1.86 bits per heavy atom. The molecule has 0 saturated heterocycles. The van der Waals surface area contributed by atoms with Crippen molar-refractivity contribution in [2.24, 2.45) is 0 Å². The van der Waals surface area contributed by atoms with E-state index < -0.39 is 17.9 Å². The predicted molar refractivity (Wildman–Crippen MR) is 49.3 cm³/mol. The van der Waals surface area contributed by atoms with Crippen molar-refractivity contribution < 1.29 is 13.9 Å². The van der Waals surface area contributed by atoms with Crippen LogP contribution in [0.4, 0.5) is 8.78 Å². The molecule has 1 heterocycles. The second-order valence-electron chi connectivity index (χ2n) is 3.47. The van der Waals surface area contributed by atoms with E-state index in [0.717, 1.165) is 6.92 Å². The Labute approximate surface area is 81.6 Å². The molecule has 0 fully saturated rings. The van der Waals surface area contributed by atoms with Gasteiger partial charge in [0.2, 0.25) is 0 Å². The summed E-state index contributed by atoms with van der Waals surface area (Å²) in [6, 6.07) is 3.25. The van der Waals surface area contributed by atoms with Crippen molar-refractivity contribution in [3.63, 3.8) is 0 Å². The van der Waals surface area contributed by atoms with Gasteiger partial charge in [0.15, 0.2) is 0 Å². The Bertz CT molecular complexity index is 284. The van der Waals surface area contributed by atoms with E-state index in [4.69, 9.17) is 0 Å². The van der Waals surface area contributed by atoms with Gasteiger partial charge >= 0.3 is 0 Å². The quantitative estimate of drug-likeness (QED) is 0.813. The van der Waals surface area contributed by atoms with Crippen LogP contribution in [-0.2, 0) is 0 Å². The third kappa shape index (κ3) is 2.48. The van der Waals surface area contributed by atoms with Gasteiger partial charge in [0.25, 0.3) is 5.92 Å². The summed E-state index contributed by atoms with van der Waals surface area (Å²) in [7, 11) is 0. The first kappa shape index (κ1) is 11.0. The average Bonchev–Trinajstić information content (AvgIpc) is 2.15. The molecule has 1 N–H and O–H groups in total. The Balaban J connectivity index is 2.81. The zero-order valence-corrected chi connectivity index (χ0v) is 8.11. The van der Waals surface area contributed by atoms with E-state index in [1.54, 1.807) is 19.1 Å². The summed E-state index contributed by atoms with van der Waals surface area (Å²) in [6.07, 6.45) is 1.38. The van der Waals surface area contributed by atoms with Gasteiger partial charge < -0.3 is 5.11 Å². The van der Waals surface area contributed by atoms with Crippen molar-refractivity contribution in [2.45, 2.75) is 31.8 Å². The van der Waals surface area contributed by atoms with E-state index in [1.807, 2.05) is 0 Å². The van der Waals surface area contributed by atoms with Crippen LogP contribution < -0.4 is 0 Å². The number of hydrogen-bond acceptors (Lipinski definition) is 2. The first-order chi connectivity index (χ1) is 6.43. The number of aliphatic hydroxyl groups is 1. The van der Waals surface area contributed by atoms with Gasteiger partial charge in [-0.15, -0.1) is 0 Å². The van der Waals surface area contributed by atoms with Crippen LogP contribution in [-0.4, -0.2) is 22.1 Å². The molecule has 1 aromatic heterocycles. The van der Waals surface area contributed by atoms with Crippen LogP contribution in [0.25, 0.3) is 0 Å². The lowest BCUT2D eigenvalue weighted by Gasteiger charge is -2.24. The smallest absolute Gasteiger partial charge is 0.271 e. The number of pyridine rings is 1. The highest BCUT2D eigenvalue weighted by Crippen LogP contribution is 2.29. The first-order valence-corrected chi connectivity index (χ1v) is 4.38. The fraction of sp³-hybridized carbons (Fsp3) is 0.500. The first-order valence-electron chi connectivity index (χ1n) is 4.38. The van der Waals surface area contributed by atoms with Crippen LogP contribution in [0, 0.1) is 0 Å². The molecule has 1 rings (SSSR count). The van der Waals surface area contributed by atoms with Crippen LogP contribution in [0.1, 0.15) is 25.3 Å². The second kappa shape index (κ2) is 4.00. The minimum atomic E-state index is -3.08. The lowest BCUT2D eigenvalue weighted by Crippen LogP contribution is -2.34. The SMILES string of the molecule is CC(c1ccncc1)C(O)C(C)(F)F. The fourth-order valence-electron chi connectivity index (χ4n) is 1.29. The Kier molecular flexibility index (Phi) is 3.16. The molecule has 0 spiro atoms. The van der Waals surface area contributed by atoms with Gasteiger partial charge in [-0.25, -0.2) is 8.78 Å². The Morgan fingerprint density at radius 1 is 1.36 bits per heavy atom. The summed E-state index contributed by atoms with van der Waals surface area (Å²) in [4.78, 5) is 3.78. The third-order valence-electron chi connectivity index (χ3n) is 2.22. The zero-order valence-electron chi connectivity index (χ0n) is 8.11. The molecule has 0 amide bonds. The molecule has 0 radical (unpaired) electrons. The van der Waals surface area contributed by atoms with Crippen molar-refractivity contribution in [3.05, 3.63) is 30.1 Å². The highest BCUT2D eigenvalue weighted by atomic mass is 19.3. The van der Waals surface area contributed by atoms with Gasteiger partial charge in [0.1, 0.15) is 6.10 Å². The molecule has 2 atom stereocenters. The largest absolute Gasteiger partial charge is 0.386 e. The second-order valence-corrected chi connectivity index (χ2v) is 3.47. The van der Waals surface area contributed by atoms with Gasteiger partial charge in [-0.1, -0.05) is 6.92 Å². The maximum atomic E-state index is 12.8. The van der Waals surface area contributed by atoms with Crippen molar-refractivity contribution >= 4 is 0 Å². The summed E-state index contributed by atoms with van der Waals surface area (Å²) in [5, 5.41) is 9.34. The van der Waals surface area contributed by atoms with Gasteiger partial charge in [-0.05, 0) is 17.7 Å².